The molecule has 2 nitrogen and oxygen atoms in total. The predicted molar refractivity (Wildman–Crippen MR) is 82.0 cm³/mol. The molecule has 0 saturated heterocycles. The van der Waals surface area contributed by atoms with E-state index in [4.69, 9.17) is 0 Å². The SMILES string of the molecule is Cc1ccc(SCC(=O)Nc2cccc(C(F)(F)F)c2)cc1. The van der Waals surface area contributed by atoms with Crippen LogP contribution in [0.1, 0.15) is 11.1 Å². The molecule has 1 amide bonds. The highest BCUT2D eigenvalue weighted by Gasteiger charge is 2.30. The van der Waals surface area contributed by atoms with Crippen molar-refractivity contribution in [1.82, 2.24) is 0 Å². The Labute approximate surface area is 130 Å². The zero-order chi connectivity index (χ0) is 16.2. The van der Waals surface area contributed by atoms with E-state index >= 15 is 0 Å². The molecule has 2 rings (SSSR count). The molecule has 0 aliphatic rings. The maximum absolute atomic E-state index is 12.6. The molecule has 0 radical (unpaired) electrons. The third kappa shape index (κ3) is 4.80. The third-order valence-electron chi connectivity index (χ3n) is 2.86. The van der Waals surface area contributed by atoms with Gasteiger partial charge >= 0.3 is 6.18 Å². The van der Waals surface area contributed by atoms with Gasteiger partial charge in [-0.05, 0) is 37.3 Å². The molecular weight excluding hydrogens is 311 g/mol. The normalized spacial score (nSPS) is 11.3. The van der Waals surface area contributed by atoms with E-state index in [1.165, 1.54) is 23.9 Å². The smallest absolute Gasteiger partial charge is 0.325 e. The summed E-state index contributed by atoms with van der Waals surface area (Å²) in [6.45, 7) is 1.97. The minimum absolute atomic E-state index is 0.138. The van der Waals surface area contributed by atoms with Crippen molar-refractivity contribution < 1.29 is 18.0 Å². The molecule has 0 aliphatic heterocycles. The Hall–Kier alpha value is -1.95. The van der Waals surface area contributed by atoms with Gasteiger partial charge in [0.05, 0.1) is 11.3 Å². The molecule has 0 bridgehead atoms. The summed E-state index contributed by atoms with van der Waals surface area (Å²) >= 11 is 1.33. The maximum atomic E-state index is 12.6. The maximum Gasteiger partial charge on any atom is 0.416 e. The lowest BCUT2D eigenvalue weighted by atomic mass is 10.2. The first-order chi connectivity index (χ1) is 10.3. The van der Waals surface area contributed by atoms with E-state index in [1.807, 2.05) is 31.2 Å². The second-order valence-corrected chi connectivity index (χ2v) is 5.78. The fourth-order valence-corrected chi connectivity index (χ4v) is 2.45. The highest BCUT2D eigenvalue weighted by atomic mass is 32.2. The lowest BCUT2D eigenvalue weighted by Gasteiger charge is -2.09. The summed E-state index contributed by atoms with van der Waals surface area (Å²) in [5.41, 5.74) is 0.485. The lowest BCUT2D eigenvalue weighted by molar-refractivity contribution is -0.137. The molecule has 1 N–H and O–H groups in total. The van der Waals surface area contributed by atoms with Crippen molar-refractivity contribution in [1.29, 1.82) is 0 Å². The van der Waals surface area contributed by atoms with Crippen molar-refractivity contribution in [3.63, 3.8) is 0 Å². The van der Waals surface area contributed by atoms with E-state index in [9.17, 15) is 18.0 Å². The highest BCUT2D eigenvalue weighted by molar-refractivity contribution is 8.00. The standard InChI is InChI=1S/C16H14F3NOS/c1-11-5-7-14(8-6-11)22-10-15(21)20-13-4-2-3-12(9-13)16(17,18)19/h2-9H,10H2,1H3,(H,20,21). The number of carbonyl (C=O) groups excluding carboxylic acids is 1. The minimum atomic E-state index is -4.42. The third-order valence-corrected chi connectivity index (χ3v) is 3.88. The Bertz CT molecular complexity index is 653. The summed E-state index contributed by atoms with van der Waals surface area (Å²) in [4.78, 5) is 12.7. The minimum Gasteiger partial charge on any atom is -0.325 e. The summed E-state index contributed by atoms with van der Waals surface area (Å²) in [6.07, 6.45) is -4.42. The van der Waals surface area contributed by atoms with Crippen molar-refractivity contribution in [2.45, 2.75) is 18.0 Å². The van der Waals surface area contributed by atoms with Gasteiger partial charge in [0.15, 0.2) is 0 Å². The Morgan fingerprint density at radius 1 is 1.14 bits per heavy atom. The van der Waals surface area contributed by atoms with Crippen molar-refractivity contribution in [2.75, 3.05) is 11.1 Å². The van der Waals surface area contributed by atoms with E-state index in [0.717, 1.165) is 22.6 Å². The fourth-order valence-electron chi connectivity index (χ4n) is 1.75. The van der Waals surface area contributed by atoms with Crippen LogP contribution in [0.5, 0.6) is 0 Å². The van der Waals surface area contributed by atoms with Crippen molar-refractivity contribution in [3.8, 4) is 0 Å². The predicted octanol–water partition coefficient (Wildman–Crippen LogP) is 4.74. The van der Waals surface area contributed by atoms with Crippen molar-refractivity contribution in [3.05, 3.63) is 59.7 Å². The molecular formula is C16H14F3NOS. The molecule has 116 valence electrons. The number of benzene rings is 2. The number of alkyl halides is 3. The zero-order valence-electron chi connectivity index (χ0n) is 11.8. The van der Waals surface area contributed by atoms with Crippen molar-refractivity contribution >= 4 is 23.4 Å². The second-order valence-electron chi connectivity index (χ2n) is 4.73. The van der Waals surface area contributed by atoms with Crippen LogP contribution in [-0.4, -0.2) is 11.7 Å². The van der Waals surface area contributed by atoms with Gasteiger partial charge < -0.3 is 5.32 Å². The number of anilines is 1. The van der Waals surface area contributed by atoms with E-state index in [1.54, 1.807) is 0 Å². The quantitative estimate of drug-likeness (QED) is 0.822. The van der Waals surface area contributed by atoms with Crippen LogP contribution in [0.2, 0.25) is 0 Å². The number of carbonyl (C=O) groups is 1. The molecule has 0 heterocycles. The molecule has 0 spiro atoms. The molecule has 0 aromatic heterocycles. The first kappa shape index (κ1) is 16.4. The van der Waals surface area contributed by atoms with Gasteiger partial charge in [-0.2, -0.15) is 13.2 Å². The summed E-state index contributed by atoms with van der Waals surface area (Å²) in [7, 11) is 0. The Morgan fingerprint density at radius 3 is 2.45 bits per heavy atom. The molecule has 2 aromatic carbocycles. The molecule has 22 heavy (non-hydrogen) atoms. The second kappa shape index (κ2) is 6.87. The monoisotopic (exact) mass is 325 g/mol. The number of aryl methyl sites for hydroxylation is 1. The molecule has 0 aliphatic carbocycles. The number of hydrogen-bond donors (Lipinski definition) is 1. The van der Waals surface area contributed by atoms with Crippen molar-refractivity contribution in [2.24, 2.45) is 0 Å². The number of hydrogen-bond acceptors (Lipinski definition) is 2. The molecule has 0 fully saturated rings. The number of halogens is 3. The van der Waals surface area contributed by atoms with Gasteiger partial charge in [0, 0.05) is 10.6 Å². The van der Waals surface area contributed by atoms with Crippen LogP contribution in [0.4, 0.5) is 18.9 Å². The van der Waals surface area contributed by atoms with Crippen LogP contribution in [0.15, 0.2) is 53.4 Å². The molecule has 0 unspecified atom stereocenters. The first-order valence-electron chi connectivity index (χ1n) is 6.51. The van der Waals surface area contributed by atoms with Gasteiger partial charge in [-0.25, -0.2) is 0 Å². The van der Waals surface area contributed by atoms with Crippen LogP contribution >= 0.6 is 11.8 Å². The van der Waals surface area contributed by atoms with E-state index in [-0.39, 0.29) is 17.3 Å². The van der Waals surface area contributed by atoms with E-state index in [0.29, 0.717) is 0 Å². The number of rotatable bonds is 4. The first-order valence-corrected chi connectivity index (χ1v) is 7.50. The Kier molecular flexibility index (Phi) is 5.13. The van der Waals surface area contributed by atoms with Gasteiger partial charge in [-0.1, -0.05) is 23.8 Å². The van der Waals surface area contributed by atoms with E-state index in [2.05, 4.69) is 5.32 Å². The van der Waals surface area contributed by atoms with Crippen LogP contribution in [0.25, 0.3) is 0 Å². The van der Waals surface area contributed by atoms with Gasteiger partial charge in [0.25, 0.3) is 0 Å². The topological polar surface area (TPSA) is 29.1 Å². The van der Waals surface area contributed by atoms with Gasteiger partial charge in [-0.15, -0.1) is 11.8 Å². The summed E-state index contributed by atoms with van der Waals surface area (Å²) in [5, 5.41) is 2.48. The Morgan fingerprint density at radius 2 is 1.82 bits per heavy atom. The number of thioether (sulfide) groups is 1. The summed E-state index contributed by atoms with van der Waals surface area (Å²) < 4.78 is 37.8. The molecule has 0 atom stereocenters. The lowest BCUT2D eigenvalue weighted by Crippen LogP contribution is -2.15. The molecule has 6 heteroatoms. The van der Waals surface area contributed by atoms with Crippen LogP contribution in [0, 0.1) is 6.92 Å². The summed E-state index contributed by atoms with van der Waals surface area (Å²) in [6, 6.07) is 12.3. The molecule has 0 saturated carbocycles. The number of amides is 1. The highest BCUT2D eigenvalue weighted by Crippen LogP contribution is 2.30. The average molecular weight is 325 g/mol. The van der Waals surface area contributed by atoms with Crippen LogP contribution < -0.4 is 5.32 Å². The largest absolute Gasteiger partial charge is 0.416 e. The average Bonchev–Trinajstić information content (AvgIpc) is 2.46. The van der Waals surface area contributed by atoms with E-state index < -0.39 is 11.7 Å². The Balaban J connectivity index is 1.93. The fraction of sp³-hybridized carbons (Fsp3) is 0.188. The van der Waals surface area contributed by atoms with Gasteiger partial charge in [0.2, 0.25) is 5.91 Å². The van der Waals surface area contributed by atoms with Gasteiger partial charge in [0.1, 0.15) is 0 Å². The number of nitrogens with one attached hydrogen (secondary N) is 1. The molecule has 2 aromatic rings. The van der Waals surface area contributed by atoms with Crippen LogP contribution in [-0.2, 0) is 11.0 Å². The van der Waals surface area contributed by atoms with Crippen LogP contribution in [0.3, 0.4) is 0 Å². The van der Waals surface area contributed by atoms with Gasteiger partial charge in [-0.3, -0.25) is 4.79 Å². The zero-order valence-corrected chi connectivity index (χ0v) is 12.6. The summed E-state index contributed by atoms with van der Waals surface area (Å²) in [5.74, 6) is -0.204.